The van der Waals surface area contributed by atoms with Crippen LogP contribution in [0.15, 0.2) is 0 Å². The number of hydrogen-bond donors (Lipinski definition) is 3. The number of nitrogens with zero attached hydrogens (tertiary/aromatic N) is 1. The summed E-state index contributed by atoms with van der Waals surface area (Å²) < 4.78 is 0. The molecule has 0 rings (SSSR count). The van der Waals surface area contributed by atoms with E-state index in [1.807, 2.05) is 21.0 Å². The van der Waals surface area contributed by atoms with E-state index in [9.17, 15) is 0 Å². The normalized spacial score (nSPS) is 19.2. The van der Waals surface area contributed by atoms with Gasteiger partial charge in [-0.15, -0.1) is 0 Å². The van der Waals surface area contributed by atoms with Gasteiger partial charge in [-0.3, -0.25) is 0 Å². The van der Waals surface area contributed by atoms with Crippen LogP contribution < -0.4 is 17.2 Å². The van der Waals surface area contributed by atoms with Crippen LogP contribution in [0.25, 0.3) is 0 Å². The average molecular weight is 174 g/mol. The van der Waals surface area contributed by atoms with Gasteiger partial charge in [0, 0.05) is 18.1 Å². The highest BCUT2D eigenvalue weighted by Gasteiger charge is 2.21. The summed E-state index contributed by atoms with van der Waals surface area (Å²) in [5.74, 6) is 0. The van der Waals surface area contributed by atoms with Gasteiger partial charge >= 0.3 is 0 Å². The van der Waals surface area contributed by atoms with Gasteiger partial charge in [-0.25, -0.2) is 0 Å². The maximum Gasteiger partial charge on any atom is 0.0348 e. The Kier molecular flexibility index (Phi) is 5.41. The highest BCUT2D eigenvalue weighted by Crippen LogP contribution is 2.05. The van der Waals surface area contributed by atoms with Crippen LogP contribution in [-0.2, 0) is 0 Å². The van der Waals surface area contributed by atoms with Crippen LogP contribution in [0.4, 0.5) is 0 Å². The molecule has 3 atom stereocenters. The summed E-state index contributed by atoms with van der Waals surface area (Å²) in [6.45, 7) is 2.58. The van der Waals surface area contributed by atoms with Crippen molar-refractivity contribution in [2.75, 3.05) is 20.6 Å². The molecule has 0 aliphatic carbocycles. The van der Waals surface area contributed by atoms with Crippen LogP contribution in [0.3, 0.4) is 0 Å². The number of likely N-dealkylation sites (N-methyl/N-ethyl adjacent to an activating group) is 1. The van der Waals surface area contributed by atoms with Gasteiger partial charge in [0.25, 0.3) is 0 Å². The fraction of sp³-hybridized carbons (Fsp3) is 1.00. The lowest BCUT2D eigenvalue weighted by atomic mass is 9.99. The van der Waals surface area contributed by atoms with E-state index in [1.54, 1.807) is 0 Å². The van der Waals surface area contributed by atoms with Crippen molar-refractivity contribution in [2.45, 2.75) is 31.5 Å². The molecule has 0 bridgehead atoms. The molecule has 0 spiro atoms. The summed E-state index contributed by atoms with van der Waals surface area (Å²) >= 11 is 0. The van der Waals surface area contributed by atoms with E-state index < -0.39 is 0 Å². The third-order valence-electron chi connectivity index (χ3n) is 2.18. The van der Waals surface area contributed by atoms with Crippen LogP contribution in [0.1, 0.15) is 13.3 Å². The van der Waals surface area contributed by atoms with Crippen molar-refractivity contribution in [1.29, 1.82) is 0 Å². The molecule has 6 N–H and O–H groups in total. The van der Waals surface area contributed by atoms with E-state index in [-0.39, 0.29) is 18.1 Å². The van der Waals surface area contributed by atoms with E-state index in [2.05, 4.69) is 4.90 Å². The monoisotopic (exact) mass is 174 g/mol. The summed E-state index contributed by atoms with van der Waals surface area (Å²) in [5.41, 5.74) is 17.1. The van der Waals surface area contributed by atoms with E-state index in [4.69, 9.17) is 17.2 Å². The molecule has 0 saturated heterocycles. The smallest absolute Gasteiger partial charge is 0.0348 e. The molecule has 0 aliphatic heterocycles. The largest absolute Gasteiger partial charge is 0.330 e. The quantitative estimate of drug-likeness (QED) is 0.496. The lowest BCUT2D eigenvalue weighted by Crippen LogP contribution is -2.53. The van der Waals surface area contributed by atoms with Gasteiger partial charge < -0.3 is 22.1 Å². The molecule has 4 heteroatoms. The minimum absolute atomic E-state index is 0.00329. The first-order valence-corrected chi connectivity index (χ1v) is 4.38. The lowest BCUT2D eigenvalue weighted by molar-refractivity contribution is 0.228. The maximum atomic E-state index is 5.93. The molecule has 0 aromatic rings. The lowest BCUT2D eigenvalue weighted by Gasteiger charge is -2.31. The molecular formula is C8H22N4. The maximum absolute atomic E-state index is 5.93. The molecule has 0 amide bonds. The zero-order valence-corrected chi connectivity index (χ0v) is 8.33. The predicted octanol–water partition coefficient (Wildman–Crippen LogP) is -1.06. The highest BCUT2D eigenvalue weighted by molar-refractivity contribution is 4.85. The van der Waals surface area contributed by atoms with Crippen LogP contribution in [-0.4, -0.2) is 43.7 Å². The predicted molar refractivity (Wildman–Crippen MR) is 52.8 cm³/mol. The van der Waals surface area contributed by atoms with Crippen molar-refractivity contribution >= 4 is 0 Å². The van der Waals surface area contributed by atoms with E-state index in [1.165, 1.54) is 0 Å². The van der Waals surface area contributed by atoms with Crippen LogP contribution >= 0.6 is 0 Å². The van der Waals surface area contributed by atoms with Gasteiger partial charge in [0.1, 0.15) is 0 Å². The molecule has 0 aliphatic rings. The summed E-state index contributed by atoms with van der Waals surface area (Å²) in [4.78, 5) is 2.08. The molecule has 0 heterocycles. The van der Waals surface area contributed by atoms with Gasteiger partial charge in [0.2, 0.25) is 0 Å². The van der Waals surface area contributed by atoms with Crippen molar-refractivity contribution < 1.29 is 0 Å². The molecule has 74 valence electrons. The van der Waals surface area contributed by atoms with Crippen LogP contribution in [0, 0.1) is 0 Å². The van der Waals surface area contributed by atoms with Crippen molar-refractivity contribution in [3.63, 3.8) is 0 Å². The van der Waals surface area contributed by atoms with Gasteiger partial charge in [0.15, 0.2) is 0 Å². The van der Waals surface area contributed by atoms with Crippen molar-refractivity contribution in [3.05, 3.63) is 0 Å². The van der Waals surface area contributed by atoms with E-state index in [0.29, 0.717) is 6.54 Å². The summed E-state index contributed by atoms with van der Waals surface area (Å²) in [6, 6.07) is 0.308. The summed E-state index contributed by atoms with van der Waals surface area (Å²) in [6.07, 6.45) is 0.899. The fourth-order valence-corrected chi connectivity index (χ4v) is 1.32. The van der Waals surface area contributed by atoms with Crippen molar-refractivity contribution in [2.24, 2.45) is 17.2 Å². The highest BCUT2D eigenvalue weighted by atomic mass is 15.1. The average Bonchev–Trinajstić information content (AvgIpc) is 1.98. The molecular weight excluding hydrogens is 152 g/mol. The molecule has 0 aromatic carbocycles. The molecule has 0 fully saturated rings. The molecule has 3 unspecified atom stereocenters. The second kappa shape index (κ2) is 5.48. The number of hydrogen-bond acceptors (Lipinski definition) is 4. The Bertz CT molecular complexity index is 114. The van der Waals surface area contributed by atoms with Crippen molar-refractivity contribution in [1.82, 2.24) is 4.90 Å². The first kappa shape index (κ1) is 11.8. The molecule has 4 nitrogen and oxygen atoms in total. The minimum atomic E-state index is 0.00329. The Balaban J connectivity index is 4.09. The Morgan fingerprint density at radius 3 is 2.00 bits per heavy atom. The second-order valence-electron chi connectivity index (χ2n) is 3.54. The first-order valence-electron chi connectivity index (χ1n) is 4.38. The molecule has 0 saturated carbocycles. The third kappa shape index (κ3) is 3.49. The number of nitrogens with two attached hydrogens (primary N) is 3. The Hall–Kier alpha value is -0.160. The molecule has 0 radical (unpaired) electrons. The Morgan fingerprint density at radius 1 is 1.25 bits per heavy atom. The summed E-state index contributed by atoms with van der Waals surface area (Å²) in [5, 5.41) is 0. The van der Waals surface area contributed by atoms with Gasteiger partial charge in [-0.1, -0.05) is 0 Å². The topological polar surface area (TPSA) is 81.3 Å². The zero-order valence-electron chi connectivity index (χ0n) is 8.33. The molecule has 0 aromatic heterocycles. The van der Waals surface area contributed by atoms with Gasteiger partial charge in [-0.05, 0) is 34.0 Å². The zero-order chi connectivity index (χ0) is 9.72. The van der Waals surface area contributed by atoms with Gasteiger partial charge in [-0.2, -0.15) is 0 Å². The Labute approximate surface area is 75.1 Å². The first-order chi connectivity index (χ1) is 5.50. The Morgan fingerprint density at radius 2 is 1.75 bits per heavy atom. The minimum Gasteiger partial charge on any atom is -0.330 e. The van der Waals surface area contributed by atoms with Gasteiger partial charge in [0.05, 0.1) is 0 Å². The standard InChI is InChI=1S/C8H22N4/c1-6(10)8(11)7(4-5-9)12(2)3/h6-8H,4-5,9-11H2,1-3H3. The second-order valence-corrected chi connectivity index (χ2v) is 3.54. The van der Waals surface area contributed by atoms with E-state index in [0.717, 1.165) is 6.42 Å². The van der Waals surface area contributed by atoms with Crippen LogP contribution in [0.5, 0.6) is 0 Å². The number of rotatable bonds is 5. The third-order valence-corrected chi connectivity index (χ3v) is 2.18. The fourth-order valence-electron chi connectivity index (χ4n) is 1.32. The van der Waals surface area contributed by atoms with E-state index >= 15 is 0 Å². The van der Waals surface area contributed by atoms with Crippen molar-refractivity contribution in [3.8, 4) is 0 Å². The van der Waals surface area contributed by atoms with Crippen LogP contribution in [0.2, 0.25) is 0 Å². The molecule has 12 heavy (non-hydrogen) atoms. The summed E-state index contributed by atoms with van der Waals surface area (Å²) in [7, 11) is 4.01. The SMILES string of the molecule is CC(N)C(N)C(CCN)N(C)C.